The molecule has 2 fully saturated rings. The van der Waals surface area contributed by atoms with Crippen molar-refractivity contribution in [1.29, 1.82) is 0 Å². The SMILES string of the molecule is Cc1ccc(N2CCN(C(=O)[C@H]3CCCO3)CC2)nn1. The normalized spacial score (nSPS) is 23.1. The standard InChI is InChI=1S/C14H20N4O2/c1-11-4-5-13(16-15-11)17-6-8-18(9-7-17)14(19)12-3-2-10-20-12/h4-5,12H,2-3,6-10H2,1H3/t12-/m1/s1. The molecule has 0 bridgehead atoms. The summed E-state index contributed by atoms with van der Waals surface area (Å²) in [5.41, 5.74) is 0.918. The predicted molar refractivity (Wildman–Crippen MR) is 74.5 cm³/mol. The van der Waals surface area contributed by atoms with Crippen molar-refractivity contribution < 1.29 is 9.53 Å². The van der Waals surface area contributed by atoms with Gasteiger partial charge in [0.05, 0.1) is 5.69 Å². The minimum atomic E-state index is -0.208. The van der Waals surface area contributed by atoms with E-state index in [-0.39, 0.29) is 12.0 Å². The van der Waals surface area contributed by atoms with E-state index >= 15 is 0 Å². The third kappa shape index (κ3) is 2.75. The van der Waals surface area contributed by atoms with Crippen LogP contribution in [-0.2, 0) is 9.53 Å². The molecule has 0 N–H and O–H groups in total. The van der Waals surface area contributed by atoms with Gasteiger partial charge in [0.25, 0.3) is 5.91 Å². The fourth-order valence-corrected chi connectivity index (χ4v) is 2.69. The van der Waals surface area contributed by atoms with Gasteiger partial charge in [-0.25, -0.2) is 0 Å². The topological polar surface area (TPSA) is 58.6 Å². The van der Waals surface area contributed by atoms with Gasteiger partial charge in [0.15, 0.2) is 5.82 Å². The quantitative estimate of drug-likeness (QED) is 0.792. The molecule has 2 saturated heterocycles. The van der Waals surface area contributed by atoms with Gasteiger partial charge < -0.3 is 14.5 Å². The van der Waals surface area contributed by atoms with Crippen LogP contribution in [0.3, 0.4) is 0 Å². The van der Waals surface area contributed by atoms with E-state index < -0.39 is 0 Å². The molecule has 0 radical (unpaired) electrons. The number of nitrogens with zero attached hydrogens (tertiary/aromatic N) is 4. The fourth-order valence-electron chi connectivity index (χ4n) is 2.69. The second-order valence-electron chi connectivity index (χ2n) is 5.35. The molecule has 20 heavy (non-hydrogen) atoms. The minimum absolute atomic E-state index is 0.150. The molecule has 1 aromatic heterocycles. The highest BCUT2D eigenvalue weighted by molar-refractivity contribution is 5.81. The molecule has 0 aromatic carbocycles. The van der Waals surface area contributed by atoms with Crippen LogP contribution in [-0.4, -0.2) is 59.9 Å². The number of piperazine rings is 1. The Labute approximate surface area is 118 Å². The van der Waals surface area contributed by atoms with Gasteiger partial charge in [0, 0.05) is 32.8 Å². The summed E-state index contributed by atoms with van der Waals surface area (Å²) in [6.45, 7) is 5.71. The van der Waals surface area contributed by atoms with Crippen molar-refractivity contribution in [2.24, 2.45) is 0 Å². The number of carbonyl (C=O) groups is 1. The Kier molecular flexibility index (Phi) is 3.82. The summed E-state index contributed by atoms with van der Waals surface area (Å²) in [5.74, 6) is 1.04. The molecule has 0 spiro atoms. The van der Waals surface area contributed by atoms with Gasteiger partial charge >= 0.3 is 0 Å². The van der Waals surface area contributed by atoms with Crippen molar-refractivity contribution >= 4 is 11.7 Å². The van der Waals surface area contributed by atoms with Gasteiger partial charge in [0.2, 0.25) is 0 Å². The highest BCUT2D eigenvalue weighted by Gasteiger charge is 2.30. The van der Waals surface area contributed by atoms with Crippen molar-refractivity contribution in [1.82, 2.24) is 15.1 Å². The summed E-state index contributed by atoms with van der Waals surface area (Å²) in [4.78, 5) is 16.3. The third-order valence-electron chi connectivity index (χ3n) is 3.90. The third-order valence-corrected chi connectivity index (χ3v) is 3.90. The van der Waals surface area contributed by atoms with E-state index in [4.69, 9.17) is 4.74 Å². The maximum atomic E-state index is 12.2. The summed E-state index contributed by atoms with van der Waals surface area (Å²) in [7, 11) is 0. The maximum Gasteiger partial charge on any atom is 0.251 e. The smallest absolute Gasteiger partial charge is 0.251 e. The number of hydrogen-bond donors (Lipinski definition) is 0. The van der Waals surface area contributed by atoms with E-state index in [9.17, 15) is 4.79 Å². The van der Waals surface area contributed by atoms with Crippen LogP contribution in [0.1, 0.15) is 18.5 Å². The summed E-state index contributed by atoms with van der Waals surface area (Å²) in [6.07, 6.45) is 1.65. The second-order valence-corrected chi connectivity index (χ2v) is 5.35. The van der Waals surface area contributed by atoms with Crippen LogP contribution in [0.5, 0.6) is 0 Å². The van der Waals surface area contributed by atoms with Gasteiger partial charge in [-0.1, -0.05) is 0 Å². The Morgan fingerprint density at radius 1 is 1.25 bits per heavy atom. The van der Waals surface area contributed by atoms with Gasteiger partial charge in [0.1, 0.15) is 6.10 Å². The number of hydrogen-bond acceptors (Lipinski definition) is 5. The average molecular weight is 276 g/mol. The first-order valence-electron chi connectivity index (χ1n) is 7.20. The Hall–Kier alpha value is -1.69. The van der Waals surface area contributed by atoms with E-state index in [0.717, 1.165) is 57.1 Å². The number of aryl methyl sites for hydroxylation is 1. The number of rotatable bonds is 2. The lowest BCUT2D eigenvalue weighted by molar-refractivity contribution is -0.141. The first-order valence-corrected chi connectivity index (χ1v) is 7.20. The first kappa shape index (κ1) is 13.3. The van der Waals surface area contributed by atoms with E-state index in [1.54, 1.807) is 0 Å². The van der Waals surface area contributed by atoms with Gasteiger partial charge in [-0.15, -0.1) is 5.10 Å². The van der Waals surface area contributed by atoms with Crippen molar-refractivity contribution in [3.63, 3.8) is 0 Å². The number of amides is 1. The molecule has 0 unspecified atom stereocenters. The maximum absolute atomic E-state index is 12.2. The molecule has 0 saturated carbocycles. The zero-order valence-electron chi connectivity index (χ0n) is 11.8. The highest BCUT2D eigenvalue weighted by Crippen LogP contribution is 2.17. The van der Waals surface area contributed by atoms with Crippen LogP contribution in [0.25, 0.3) is 0 Å². The summed E-state index contributed by atoms with van der Waals surface area (Å²) >= 11 is 0. The lowest BCUT2D eigenvalue weighted by Crippen LogP contribution is -2.51. The summed E-state index contributed by atoms with van der Waals surface area (Å²) in [6, 6.07) is 3.95. The largest absolute Gasteiger partial charge is 0.368 e. The van der Waals surface area contributed by atoms with E-state index in [0.29, 0.717) is 0 Å². The van der Waals surface area contributed by atoms with Crippen LogP contribution in [0, 0.1) is 6.92 Å². The Bertz CT molecular complexity index is 463. The first-order chi connectivity index (χ1) is 9.74. The molecule has 2 aliphatic heterocycles. The molecule has 6 heteroatoms. The van der Waals surface area contributed by atoms with Crippen LogP contribution >= 0.6 is 0 Å². The van der Waals surface area contributed by atoms with Crippen LogP contribution < -0.4 is 4.90 Å². The molecular weight excluding hydrogens is 256 g/mol. The Balaban J connectivity index is 1.56. The van der Waals surface area contributed by atoms with Crippen LogP contribution in [0.15, 0.2) is 12.1 Å². The molecular formula is C14H20N4O2. The Morgan fingerprint density at radius 2 is 2.05 bits per heavy atom. The number of ether oxygens (including phenoxy) is 1. The summed E-state index contributed by atoms with van der Waals surface area (Å²) < 4.78 is 5.47. The molecule has 0 aliphatic carbocycles. The van der Waals surface area contributed by atoms with Gasteiger partial charge in [-0.2, -0.15) is 5.10 Å². The molecule has 2 aliphatic rings. The van der Waals surface area contributed by atoms with Crippen LogP contribution in [0.4, 0.5) is 5.82 Å². The molecule has 3 heterocycles. The predicted octanol–water partition coefficient (Wildman–Crippen LogP) is 0.613. The van der Waals surface area contributed by atoms with Crippen molar-refractivity contribution in [3.8, 4) is 0 Å². The van der Waals surface area contributed by atoms with Crippen molar-refractivity contribution in [3.05, 3.63) is 17.8 Å². The average Bonchev–Trinajstić information content (AvgIpc) is 3.02. The molecule has 6 nitrogen and oxygen atoms in total. The van der Waals surface area contributed by atoms with Crippen molar-refractivity contribution in [2.75, 3.05) is 37.7 Å². The lowest BCUT2D eigenvalue weighted by Gasteiger charge is -2.36. The monoisotopic (exact) mass is 276 g/mol. The zero-order chi connectivity index (χ0) is 13.9. The molecule has 108 valence electrons. The van der Waals surface area contributed by atoms with Crippen molar-refractivity contribution in [2.45, 2.75) is 25.9 Å². The molecule has 1 aromatic rings. The fraction of sp³-hybridized carbons (Fsp3) is 0.643. The van der Waals surface area contributed by atoms with Gasteiger partial charge in [-0.05, 0) is 31.9 Å². The number of anilines is 1. The lowest BCUT2D eigenvalue weighted by atomic mass is 10.2. The zero-order valence-corrected chi connectivity index (χ0v) is 11.8. The van der Waals surface area contributed by atoms with E-state index in [1.165, 1.54) is 0 Å². The van der Waals surface area contributed by atoms with E-state index in [2.05, 4.69) is 15.1 Å². The highest BCUT2D eigenvalue weighted by atomic mass is 16.5. The molecule has 1 amide bonds. The Morgan fingerprint density at radius 3 is 2.65 bits per heavy atom. The van der Waals surface area contributed by atoms with E-state index in [1.807, 2.05) is 24.0 Å². The molecule has 3 rings (SSSR count). The number of aromatic nitrogens is 2. The minimum Gasteiger partial charge on any atom is -0.368 e. The number of carbonyl (C=O) groups excluding carboxylic acids is 1. The van der Waals surface area contributed by atoms with Crippen LogP contribution in [0.2, 0.25) is 0 Å². The summed E-state index contributed by atoms with van der Waals surface area (Å²) in [5, 5.41) is 8.28. The van der Waals surface area contributed by atoms with Gasteiger partial charge in [-0.3, -0.25) is 4.79 Å². The second kappa shape index (κ2) is 5.75. The molecule has 1 atom stereocenters.